The number of carbonyl (C=O) groups is 3. The van der Waals surface area contributed by atoms with Gasteiger partial charge in [-0.15, -0.1) is 0 Å². The molecule has 1 aliphatic heterocycles. The lowest BCUT2D eigenvalue weighted by Crippen LogP contribution is -2.51. The Hall–Kier alpha value is -2.95. The zero-order chi connectivity index (χ0) is 26.9. The molecule has 0 radical (unpaired) electrons. The van der Waals surface area contributed by atoms with Crippen molar-refractivity contribution in [3.63, 3.8) is 0 Å². The number of nitrogens with zero attached hydrogens (tertiary/aromatic N) is 1. The largest absolute Gasteiger partial charge is 0.461 e. The second kappa shape index (κ2) is 9.36. The Kier molecular flexibility index (Phi) is 6.24. The minimum Gasteiger partial charge on any atom is -0.461 e. The number of hydrogen-bond donors (Lipinski definition) is 0. The molecule has 0 spiro atoms. The van der Waals surface area contributed by atoms with Crippen molar-refractivity contribution in [2.45, 2.75) is 77.9 Å². The van der Waals surface area contributed by atoms with Gasteiger partial charge in [-0.25, -0.2) is 4.79 Å². The molecule has 2 amide bonds. The fourth-order valence-electron chi connectivity index (χ4n) is 8.12. The van der Waals surface area contributed by atoms with E-state index in [0.717, 1.165) is 41.5 Å². The Morgan fingerprint density at radius 3 is 1.71 bits per heavy atom. The molecule has 200 valence electrons. The average molecular weight is 514 g/mol. The van der Waals surface area contributed by atoms with Gasteiger partial charge in [0.1, 0.15) is 12.1 Å². The Morgan fingerprint density at radius 1 is 0.816 bits per heavy atom. The number of rotatable bonds is 5. The molecule has 2 aromatic carbocycles. The van der Waals surface area contributed by atoms with Crippen molar-refractivity contribution < 1.29 is 19.1 Å². The highest BCUT2D eigenvalue weighted by molar-refractivity contribution is 6.10. The normalized spacial score (nSPS) is 32.3. The first kappa shape index (κ1) is 25.3. The van der Waals surface area contributed by atoms with Gasteiger partial charge in [-0.2, -0.15) is 0 Å². The fraction of sp³-hybridized carbons (Fsp3) is 0.545. The van der Waals surface area contributed by atoms with Gasteiger partial charge in [-0.3, -0.25) is 14.5 Å². The number of esters is 1. The van der Waals surface area contributed by atoms with Crippen molar-refractivity contribution in [1.82, 2.24) is 4.90 Å². The Balaban J connectivity index is 1.36. The molecule has 1 saturated carbocycles. The first-order valence-electron chi connectivity index (χ1n) is 14.5. The smallest absolute Gasteiger partial charge is 0.329 e. The van der Waals surface area contributed by atoms with E-state index in [0.29, 0.717) is 17.8 Å². The van der Waals surface area contributed by atoms with Gasteiger partial charge in [-0.05, 0) is 58.8 Å². The quantitative estimate of drug-likeness (QED) is 0.368. The predicted molar refractivity (Wildman–Crippen MR) is 145 cm³/mol. The van der Waals surface area contributed by atoms with E-state index in [1.165, 1.54) is 4.90 Å². The van der Waals surface area contributed by atoms with Gasteiger partial charge in [-0.1, -0.05) is 89.6 Å². The summed E-state index contributed by atoms with van der Waals surface area (Å²) in [4.78, 5) is 43.6. The molecule has 2 aromatic rings. The molecule has 5 nitrogen and oxygen atoms in total. The van der Waals surface area contributed by atoms with Crippen molar-refractivity contribution in [1.29, 1.82) is 0 Å². The number of amides is 2. The van der Waals surface area contributed by atoms with Crippen molar-refractivity contribution in [2.75, 3.05) is 0 Å². The third-order valence-corrected chi connectivity index (χ3v) is 9.86. The summed E-state index contributed by atoms with van der Waals surface area (Å²) < 4.78 is 6.23. The van der Waals surface area contributed by atoms with Crippen LogP contribution in [0.3, 0.4) is 0 Å². The zero-order valence-electron chi connectivity index (χ0n) is 23.1. The first-order valence-corrected chi connectivity index (χ1v) is 14.5. The highest BCUT2D eigenvalue weighted by Crippen LogP contribution is 2.61. The van der Waals surface area contributed by atoms with Crippen molar-refractivity contribution in [3.8, 4) is 0 Å². The van der Waals surface area contributed by atoms with E-state index in [1.54, 1.807) is 0 Å². The second-order valence-corrected chi connectivity index (χ2v) is 12.8. The minimum atomic E-state index is -0.906. The molecule has 0 N–H and O–H groups in total. The lowest BCUT2D eigenvalue weighted by molar-refractivity contribution is -0.169. The molecule has 5 heteroatoms. The van der Waals surface area contributed by atoms with Crippen LogP contribution in [-0.2, 0) is 19.1 Å². The van der Waals surface area contributed by atoms with Gasteiger partial charge < -0.3 is 4.74 Å². The molecule has 5 aliphatic rings. The molecule has 2 fully saturated rings. The van der Waals surface area contributed by atoms with E-state index in [2.05, 4.69) is 45.0 Å². The van der Waals surface area contributed by atoms with Crippen LogP contribution in [0, 0.1) is 35.5 Å². The third kappa shape index (κ3) is 3.68. The predicted octanol–water partition coefficient (Wildman–Crippen LogP) is 5.91. The molecule has 38 heavy (non-hydrogen) atoms. The van der Waals surface area contributed by atoms with Gasteiger partial charge in [0, 0.05) is 11.8 Å². The summed E-state index contributed by atoms with van der Waals surface area (Å²) in [6.07, 6.45) is 2.84. The summed E-state index contributed by atoms with van der Waals surface area (Å²) in [7, 11) is 0. The van der Waals surface area contributed by atoms with E-state index in [9.17, 15) is 14.4 Å². The van der Waals surface area contributed by atoms with Crippen LogP contribution in [0.5, 0.6) is 0 Å². The highest BCUT2D eigenvalue weighted by Gasteiger charge is 2.63. The van der Waals surface area contributed by atoms with E-state index >= 15 is 0 Å². The number of hydrogen-bond acceptors (Lipinski definition) is 4. The number of carbonyl (C=O) groups excluding carboxylic acids is 3. The monoisotopic (exact) mass is 513 g/mol. The Morgan fingerprint density at radius 2 is 1.29 bits per heavy atom. The van der Waals surface area contributed by atoms with Crippen LogP contribution in [0.4, 0.5) is 0 Å². The maximum atomic E-state index is 14.2. The molecule has 4 aliphatic carbocycles. The summed E-state index contributed by atoms with van der Waals surface area (Å²) in [6.45, 7) is 10.4. The van der Waals surface area contributed by atoms with Gasteiger partial charge in [0.05, 0.1) is 11.8 Å². The topological polar surface area (TPSA) is 63.7 Å². The molecule has 1 heterocycles. The summed E-state index contributed by atoms with van der Waals surface area (Å²) in [6, 6.07) is 15.6. The molecule has 7 rings (SSSR count). The number of imide groups is 1. The van der Waals surface area contributed by atoms with Crippen molar-refractivity contribution in [2.24, 2.45) is 35.5 Å². The Labute approximate surface area is 225 Å². The van der Waals surface area contributed by atoms with Crippen molar-refractivity contribution >= 4 is 17.8 Å². The number of likely N-dealkylation sites (tertiary alicyclic amines) is 1. The SMILES string of the molecule is CC(C)[C@H]1CC[C@@H](C)C[C@H]1OC(=O)[C@H](C(C)C)N1C(=O)[C@@H]2C3c4ccccc4C(c4ccccc43)[C@H]2C1=O. The van der Waals surface area contributed by atoms with Gasteiger partial charge >= 0.3 is 5.97 Å². The first-order chi connectivity index (χ1) is 18.2. The fourth-order valence-corrected chi connectivity index (χ4v) is 8.12. The summed E-state index contributed by atoms with van der Waals surface area (Å²) in [5.74, 6) is -1.21. The summed E-state index contributed by atoms with van der Waals surface area (Å²) >= 11 is 0. The van der Waals surface area contributed by atoms with E-state index in [-0.39, 0.29) is 35.7 Å². The molecular formula is C33H39NO4. The maximum absolute atomic E-state index is 14.2. The molecule has 2 bridgehead atoms. The molecule has 0 aromatic heterocycles. The maximum Gasteiger partial charge on any atom is 0.329 e. The van der Waals surface area contributed by atoms with Crippen molar-refractivity contribution in [3.05, 3.63) is 70.8 Å². The standard InChI is InChI=1S/C33H39NO4/c1-17(2)20-15-14-19(5)16-25(20)38-33(37)30(18(3)4)34-31(35)28-26-21-10-6-7-11-22(21)27(29(28)32(34)36)24-13-9-8-12-23(24)26/h6-13,17-20,25-30H,14-16H2,1-5H3/t19-,20-,25-,26?,27?,28-,29-,30+/m1/s1. The van der Waals surface area contributed by atoms with Crippen LogP contribution in [0.1, 0.15) is 88.0 Å². The van der Waals surface area contributed by atoms with Gasteiger partial charge in [0.2, 0.25) is 11.8 Å². The zero-order valence-corrected chi connectivity index (χ0v) is 23.1. The van der Waals surface area contributed by atoms with Crippen LogP contribution in [0.15, 0.2) is 48.5 Å². The molecular weight excluding hydrogens is 474 g/mol. The van der Waals surface area contributed by atoms with Crippen LogP contribution < -0.4 is 0 Å². The summed E-state index contributed by atoms with van der Waals surface area (Å²) in [5, 5.41) is 0. The number of benzene rings is 2. The van der Waals surface area contributed by atoms with Crippen LogP contribution >= 0.6 is 0 Å². The lowest BCUT2D eigenvalue weighted by atomic mass is 9.55. The highest BCUT2D eigenvalue weighted by atomic mass is 16.5. The van der Waals surface area contributed by atoms with E-state index in [4.69, 9.17) is 4.74 Å². The number of ether oxygens (including phenoxy) is 1. The van der Waals surface area contributed by atoms with Crippen LogP contribution in [0.25, 0.3) is 0 Å². The molecule has 0 unspecified atom stereocenters. The third-order valence-electron chi connectivity index (χ3n) is 9.86. The minimum absolute atomic E-state index is 0.174. The van der Waals surface area contributed by atoms with E-state index in [1.807, 2.05) is 38.1 Å². The molecule has 6 atom stereocenters. The second-order valence-electron chi connectivity index (χ2n) is 12.8. The molecule has 1 saturated heterocycles. The Bertz CT molecular complexity index is 1170. The van der Waals surface area contributed by atoms with Crippen LogP contribution in [0.2, 0.25) is 0 Å². The lowest BCUT2D eigenvalue weighted by Gasteiger charge is -2.45. The van der Waals surface area contributed by atoms with Crippen LogP contribution in [-0.4, -0.2) is 34.8 Å². The van der Waals surface area contributed by atoms with Gasteiger partial charge in [0.15, 0.2) is 0 Å². The summed E-state index contributed by atoms with van der Waals surface area (Å²) in [5.41, 5.74) is 4.56. The van der Waals surface area contributed by atoms with E-state index < -0.39 is 23.8 Å². The average Bonchev–Trinajstić information content (AvgIpc) is 3.14. The van der Waals surface area contributed by atoms with Gasteiger partial charge in [0.25, 0.3) is 0 Å².